The maximum absolute atomic E-state index is 12.4. The van der Waals surface area contributed by atoms with E-state index in [1.165, 1.54) is 31.0 Å². The molecule has 2 rings (SSSR count). The second kappa shape index (κ2) is 8.89. The number of rotatable bonds is 7. The number of hydrogen-bond donors (Lipinski definition) is 1. The van der Waals surface area contributed by atoms with E-state index in [1.54, 1.807) is 6.07 Å². The first kappa shape index (κ1) is 18.5. The first-order valence-corrected chi connectivity index (χ1v) is 8.57. The van der Waals surface area contributed by atoms with E-state index in [9.17, 15) is 13.6 Å². The third-order valence-corrected chi connectivity index (χ3v) is 4.39. The van der Waals surface area contributed by atoms with Crippen LogP contribution in [-0.4, -0.2) is 25.4 Å². The lowest BCUT2D eigenvalue weighted by molar-refractivity contribution is -0.113. The Labute approximate surface area is 150 Å². The van der Waals surface area contributed by atoms with E-state index in [-0.39, 0.29) is 23.2 Å². The van der Waals surface area contributed by atoms with Crippen LogP contribution < -0.4 is 14.8 Å². The number of methoxy groups -OCH3 is 1. The molecule has 128 valence electrons. The van der Waals surface area contributed by atoms with Crippen molar-refractivity contribution in [3.05, 3.63) is 46.9 Å². The van der Waals surface area contributed by atoms with Crippen molar-refractivity contribution in [2.45, 2.75) is 11.5 Å². The Balaban J connectivity index is 1.96. The molecule has 0 aromatic heterocycles. The van der Waals surface area contributed by atoms with Crippen molar-refractivity contribution in [1.82, 2.24) is 0 Å². The molecule has 0 aliphatic rings. The van der Waals surface area contributed by atoms with E-state index in [1.807, 2.05) is 24.3 Å². The highest BCUT2D eigenvalue weighted by molar-refractivity contribution is 9.10. The molecule has 8 heteroatoms. The van der Waals surface area contributed by atoms with Gasteiger partial charge in [0.05, 0.1) is 12.9 Å². The molecule has 0 aliphatic heterocycles. The number of benzene rings is 2. The van der Waals surface area contributed by atoms with Crippen LogP contribution in [0, 0.1) is 0 Å². The number of halogens is 3. The van der Waals surface area contributed by atoms with Crippen molar-refractivity contribution in [3.8, 4) is 11.5 Å². The summed E-state index contributed by atoms with van der Waals surface area (Å²) in [6.45, 7) is -2.97. The van der Waals surface area contributed by atoms with Crippen molar-refractivity contribution in [2.75, 3.05) is 18.2 Å². The Hall–Kier alpha value is -1.80. The number of carbonyl (C=O) groups excluding carboxylic acids is 1. The fraction of sp³-hybridized carbons (Fsp3) is 0.188. The van der Waals surface area contributed by atoms with E-state index in [0.29, 0.717) is 5.69 Å². The lowest BCUT2D eigenvalue weighted by Gasteiger charge is -2.12. The van der Waals surface area contributed by atoms with Crippen LogP contribution in [0.2, 0.25) is 0 Å². The Morgan fingerprint density at radius 3 is 2.54 bits per heavy atom. The van der Waals surface area contributed by atoms with Gasteiger partial charge in [0.2, 0.25) is 5.91 Å². The van der Waals surface area contributed by atoms with E-state index in [4.69, 9.17) is 4.74 Å². The smallest absolute Gasteiger partial charge is 0.387 e. The molecule has 0 spiro atoms. The van der Waals surface area contributed by atoms with Crippen LogP contribution in [0.3, 0.4) is 0 Å². The first-order chi connectivity index (χ1) is 11.5. The zero-order valence-electron chi connectivity index (χ0n) is 12.6. The van der Waals surface area contributed by atoms with E-state index in [2.05, 4.69) is 26.0 Å². The summed E-state index contributed by atoms with van der Waals surface area (Å²) in [4.78, 5) is 12.9. The van der Waals surface area contributed by atoms with Crippen LogP contribution in [0.5, 0.6) is 11.5 Å². The highest BCUT2D eigenvalue weighted by atomic mass is 79.9. The normalized spacial score (nSPS) is 10.5. The molecule has 0 saturated heterocycles. The van der Waals surface area contributed by atoms with Crippen molar-refractivity contribution in [2.24, 2.45) is 0 Å². The van der Waals surface area contributed by atoms with Gasteiger partial charge in [-0.25, -0.2) is 0 Å². The van der Waals surface area contributed by atoms with E-state index >= 15 is 0 Å². The summed E-state index contributed by atoms with van der Waals surface area (Å²) in [6, 6.07) is 11.9. The Morgan fingerprint density at radius 2 is 1.92 bits per heavy atom. The number of amides is 1. The van der Waals surface area contributed by atoms with Crippen LogP contribution in [0.4, 0.5) is 14.5 Å². The SMILES string of the molecule is COc1ccc(NC(=O)CSc2ccc(Br)cc2)cc1OC(F)F. The fourth-order valence-electron chi connectivity index (χ4n) is 1.82. The van der Waals surface area contributed by atoms with Crippen LogP contribution in [-0.2, 0) is 4.79 Å². The minimum Gasteiger partial charge on any atom is -0.493 e. The maximum atomic E-state index is 12.4. The van der Waals surface area contributed by atoms with Gasteiger partial charge in [-0.05, 0) is 36.4 Å². The third kappa shape index (κ3) is 5.68. The molecule has 0 unspecified atom stereocenters. The average molecular weight is 418 g/mol. The molecule has 4 nitrogen and oxygen atoms in total. The Morgan fingerprint density at radius 1 is 1.21 bits per heavy atom. The third-order valence-electron chi connectivity index (χ3n) is 2.85. The van der Waals surface area contributed by atoms with Crippen LogP contribution in [0.1, 0.15) is 0 Å². The fourth-order valence-corrected chi connectivity index (χ4v) is 2.78. The van der Waals surface area contributed by atoms with Crippen molar-refractivity contribution < 1.29 is 23.0 Å². The molecule has 0 aliphatic carbocycles. The van der Waals surface area contributed by atoms with Crippen molar-refractivity contribution in [1.29, 1.82) is 0 Å². The van der Waals surface area contributed by atoms with Gasteiger partial charge in [-0.3, -0.25) is 4.79 Å². The monoisotopic (exact) mass is 417 g/mol. The number of carbonyl (C=O) groups is 1. The molecule has 1 amide bonds. The molecule has 0 atom stereocenters. The highest BCUT2D eigenvalue weighted by Gasteiger charge is 2.12. The quantitative estimate of drug-likeness (QED) is 0.657. The zero-order valence-corrected chi connectivity index (χ0v) is 15.0. The summed E-state index contributed by atoms with van der Waals surface area (Å²) in [5, 5.41) is 2.64. The van der Waals surface area contributed by atoms with Crippen LogP contribution in [0.25, 0.3) is 0 Å². The molecular formula is C16H14BrF2NO3S. The molecule has 2 aromatic rings. The Bertz CT molecular complexity index is 698. The molecule has 0 heterocycles. The number of ether oxygens (including phenoxy) is 2. The maximum Gasteiger partial charge on any atom is 0.387 e. The minimum absolute atomic E-state index is 0.133. The van der Waals surface area contributed by atoms with Crippen LogP contribution in [0.15, 0.2) is 51.8 Å². The van der Waals surface area contributed by atoms with Gasteiger partial charge in [-0.2, -0.15) is 8.78 Å². The molecule has 0 radical (unpaired) electrons. The summed E-state index contributed by atoms with van der Waals surface area (Å²) >= 11 is 4.71. The minimum atomic E-state index is -2.97. The number of nitrogens with one attached hydrogen (secondary N) is 1. The lowest BCUT2D eigenvalue weighted by atomic mass is 10.2. The summed E-state index contributed by atoms with van der Waals surface area (Å²) in [7, 11) is 1.35. The summed E-state index contributed by atoms with van der Waals surface area (Å²) in [6.07, 6.45) is 0. The number of anilines is 1. The molecule has 1 N–H and O–H groups in total. The van der Waals surface area contributed by atoms with Gasteiger partial charge in [0.25, 0.3) is 0 Å². The summed E-state index contributed by atoms with van der Waals surface area (Å²) in [5.74, 6) is -0.0295. The topological polar surface area (TPSA) is 47.6 Å². The molecule has 0 saturated carbocycles. The predicted molar refractivity (Wildman–Crippen MR) is 93.1 cm³/mol. The number of alkyl halides is 2. The van der Waals surface area contributed by atoms with Gasteiger partial charge in [0.1, 0.15) is 0 Å². The summed E-state index contributed by atoms with van der Waals surface area (Å²) < 4.78 is 35.1. The van der Waals surface area contributed by atoms with Gasteiger partial charge < -0.3 is 14.8 Å². The van der Waals surface area contributed by atoms with Crippen LogP contribution >= 0.6 is 27.7 Å². The van der Waals surface area contributed by atoms with Gasteiger partial charge in [-0.15, -0.1) is 11.8 Å². The molecule has 24 heavy (non-hydrogen) atoms. The molecule has 0 bridgehead atoms. The number of thioether (sulfide) groups is 1. The van der Waals surface area contributed by atoms with Crippen molar-refractivity contribution in [3.63, 3.8) is 0 Å². The van der Waals surface area contributed by atoms with Crippen molar-refractivity contribution >= 4 is 39.3 Å². The second-order valence-corrected chi connectivity index (χ2v) is 6.50. The average Bonchev–Trinajstić information content (AvgIpc) is 2.54. The van der Waals surface area contributed by atoms with E-state index < -0.39 is 6.61 Å². The predicted octanol–water partition coefficient (Wildman–Crippen LogP) is 4.79. The standard InChI is InChI=1S/C16H14BrF2NO3S/c1-22-13-7-4-11(8-14(13)23-16(18)19)20-15(21)9-24-12-5-2-10(17)3-6-12/h2-8,16H,9H2,1H3,(H,20,21). The van der Waals surface area contributed by atoms with Gasteiger partial charge in [0, 0.05) is 21.1 Å². The molecule has 0 fully saturated rings. The highest BCUT2D eigenvalue weighted by Crippen LogP contribution is 2.31. The summed E-state index contributed by atoms with van der Waals surface area (Å²) in [5.41, 5.74) is 0.354. The first-order valence-electron chi connectivity index (χ1n) is 6.79. The molecule has 2 aromatic carbocycles. The molecular weight excluding hydrogens is 404 g/mol. The number of hydrogen-bond acceptors (Lipinski definition) is 4. The van der Waals surface area contributed by atoms with Gasteiger partial charge >= 0.3 is 6.61 Å². The Kier molecular flexibility index (Phi) is 6.86. The zero-order chi connectivity index (χ0) is 17.5. The van der Waals surface area contributed by atoms with E-state index in [0.717, 1.165) is 9.37 Å². The van der Waals surface area contributed by atoms with Gasteiger partial charge in [0.15, 0.2) is 11.5 Å². The lowest BCUT2D eigenvalue weighted by Crippen LogP contribution is -2.14. The largest absolute Gasteiger partial charge is 0.493 e. The second-order valence-electron chi connectivity index (χ2n) is 4.53. The van der Waals surface area contributed by atoms with Gasteiger partial charge in [-0.1, -0.05) is 15.9 Å².